The number of amides is 12. The van der Waals surface area contributed by atoms with E-state index in [0.29, 0.717) is 56.3 Å². The summed E-state index contributed by atoms with van der Waals surface area (Å²) >= 11 is 6.42. The highest BCUT2D eigenvalue weighted by Crippen LogP contribution is 2.44. The zero-order chi connectivity index (χ0) is 76.9. The quantitative estimate of drug-likeness (QED) is 0.149. The normalized spacial score (nSPS) is 30.1. The van der Waals surface area contributed by atoms with Crippen LogP contribution in [-0.4, -0.2) is 282 Å². The second-order valence-corrected chi connectivity index (χ2v) is 31.3. The van der Waals surface area contributed by atoms with Gasteiger partial charge >= 0.3 is 12.4 Å². The van der Waals surface area contributed by atoms with Gasteiger partial charge in [-0.1, -0.05) is 84.5 Å². The molecule has 32 heteroatoms. The summed E-state index contributed by atoms with van der Waals surface area (Å²) in [7, 11) is 8.87. The lowest BCUT2D eigenvalue weighted by atomic mass is 9.78. The molecular weight excluding hydrogens is 1390 g/mol. The molecule has 0 aromatic carbocycles. The van der Waals surface area contributed by atoms with Crippen LogP contribution in [0.4, 0.5) is 26.3 Å². The number of halogens is 7. The van der Waals surface area contributed by atoms with Crippen LogP contribution in [0.5, 0.6) is 0 Å². The van der Waals surface area contributed by atoms with Crippen molar-refractivity contribution in [1.29, 1.82) is 0 Å². The number of ether oxygens (including phenoxy) is 1. The standard InChI is InChI=1S/C72H113ClF6N12O13/c1-11-44(3)60-67(101)85(6)42-58(94)83(4)43-59(95)86(7)53(36-45-23-15-13-16-24-45)65(99)84(5)41-56(92)80-51(30-28-46-27-29-49(50(73)35-46)72(77,78)79)64(98)91-40-48(104-12-2)37-52(91)63(97)82-70(31-19-20-32-70)69(103)89(10)61(47-25-17-14-18-26-47)68(102)88(9)54(66(100)90-33-21-22-34-90)38-57(93)87(8)55(62(96)81-60)39-71(74,75)76/h44-55,60-61H,11-43H2,1-10H3,(H,80,92)(H,81,96)(H,82,97)/t44-,46?,48+,49?,50?,51-,52-,53-,54-,55-,60-,61-/m0/s1. The van der Waals surface area contributed by atoms with Gasteiger partial charge in [-0.05, 0) is 108 Å². The third kappa shape index (κ3) is 21.6. The minimum absolute atomic E-state index is 0.0366. The van der Waals surface area contributed by atoms with E-state index in [2.05, 4.69) is 16.0 Å². The number of rotatable bonds is 12. The first-order valence-electron chi connectivity index (χ1n) is 37.6. The van der Waals surface area contributed by atoms with Crippen molar-refractivity contribution in [2.24, 2.45) is 29.6 Å². The first-order chi connectivity index (χ1) is 48.9. The van der Waals surface area contributed by atoms with Gasteiger partial charge in [0, 0.05) is 87.4 Å². The van der Waals surface area contributed by atoms with Gasteiger partial charge in [-0.25, -0.2) is 0 Å². The molecule has 104 heavy (non-hydrogen) atoms. The molecule has 7 fully saturated rings. The number of nitrogens with one attached hydrogen (secondary N) is 3. The molecule has 7 aliphatic rings. The molecule has 3 saturated heterocycles. The Balaban J connectivity index is 1.31. The van der Waals surface area contributed by atoms with Gasteiger partial charge in [0.05, 0.1) is 44.5 Å². The lowest BCUT2D eigenvalue weighted by molar-refractivity contribution is -0.182. The first kappa shape index (κ1) is 84.7. The number of fused-ring (bicyclic) bond motifs is 1. The first-order valence-corrected chi connectivity index (χ1v) is 38.0. The topological polar surface area (TPSA) is 279 Å². The maximum Gasteiger partial charge on any atom is 0.393 e. The lowest BCUT2D eigenvalue weighted by Crippen LogP contribution is -2.65. The van der Waals surface area contributed by atoms with Crippen molar-refractivity contribution in [1.82, 2.24) is 60.0 Å². The maximum atomic E-state index is 15.8. The molecule has 0 bridgehead atoms. The third-order valence-corrected chi connectivity index (χ3v) is 23.8. The van der Waals surface area contributed by atoms with E-state index < -0.39 is 199 Å². The van der Waals surface area contributed by atoms with Gasteiger partial charge in [0.15, 0.2) is 0 Å². The highest BCUT2D eigenvalue weighted by Gasteiger charge is 2.53. The van der Waals surface area contributed by atoms with E-state index in [1.54, 1.807) is 20.8 Å². The van der Waals surface area contributed by atoms with Gasteiger partial charge in [0.2, 0.25) is 70.9 Å². The number of hydrogen-bond donors (Lipinski definition) is 3. The number of likely N-dealkylation sites (N-methyl/N-ethyl adjacent to an activating group) is 7. The Labute approximate surface area is 612 Å². The van der Waals surface area contributed by atoms with Gasteiger partial charge in [0.1, 0.15) is 47.8 Å². The minimum Gasteiger partial charge on any atom is -0.377 e. The van der Waals surface area contributed by atoms with Crippen LogP contribution in [0.1, 0.15) is 188 Å². The summed E-state index contributed by atoms with van der Waals surface area (Å²) in [6, 6.07) is -10.9. The summed E-state index contributed by atoms with van der Waals surface area (Å²) in [5.74, 6) is -13.7. The lowest BCUT2D eigenvalue weighted by Gasteiger charge is -2.43. The molecule has 0 aromatic rings. The van der Waals surface area contributed by atoms with E-state index in [1.807, 2.05) is 0 Å². The van der Waals surface area contributed by atoms with Gasteiger partial charge in [0.25, 0.3) is 0 Å². The van der Waals surface area contributed by atoms with Gasteiger partial charge in [-0.3, -0.25) is 57.5 Å². The zero-order valence-electron chi connectivity index (χ0n) is 62.4. The number of alkyl halides is 7. The maximum absolute atomic E-state index is 15.8. The molecule has 3 unspecified atom stereocenters. The van der Waals surface area contributed by atoms with Gasteiger partial charge in [-0.2, -0.15) is 26.3 Å². The molecule has 3 aliphatic heterocycles. The molecule has 1 spiro atoms. The average molecular weight is 1500 g/mol. The number of carbonyl (C=O) groups is 12. The summed E-state index contributed by atoms with van der Waals surface area (Å²) in [5.41, 5.74) is -1.70. The van der Waals surface area contributed by atoms with Crippen molar-refractivity contribution in [3.8, 4) is 0 Å². The average Bonchev–Trinajstić information content (AvgIpc) is 1.51. The predicted octanol–water partition coefficient (Wildman–Crippen LogP) is 6.02. The van der Waals surface area contributed by atoms with Gasteiger partial charge < -0.3 is 64.8 Å². The van der Waals surface area contributed by atoms with Crippen LogP contribution in [-0.2, 0) is 62.3 Å². The number of nitrogens with zero attached hydrogens (tertiary/aromatic N) is 9. The van der Waals surface area contributed by atoms with Crippen molar-refractivity contribution < 1.29 is 88.6 Å². The van der Waals surface area contributed by atoms with E-state index in [1.165, 1.54) is 61.9 Å². The van der Waals surface area contributed by atoms with Crippen LogP contribution in [0.15, 0.2) is 0 Å². The van der Waals surface area contributed by atoms with Crippen LogP contribution in [0.2, 0.25) is 0 Å². The fourth-order valence-electron chi connectivity index (χ4n) is 16.7. The molecule has 12 atom stereocenters. The molecule has 7 rings (SSSR count). The second kappa shape index (κ2) is 37.3. The van der Waals surface area contributed by atoms with Crippen molar-refractivity contribution in [2.75, 3.05) is 95.2 Å². The predicted molar refractivity (Wildman–Crippen MR) is 372 cm³/mol. The van der Waals surface area contributed by atoms with Crippen molar-refractivity contribution in [3.05, 3.63) is 0 Å². The molecule has 0 aromatic heterocycles. The van der Waals surface area contributed by atoms with Gasteiger partial charge in [-0.15, -0.1) is 11.6 Å². The van der Waals surface area contributed by atoms with E-state index in [4.69, 9.17) is 16.3 Å². The molecule has 25 nitrogen and oxygen atoms in total. The molecule has 4 saturated carbocycles. The minimum atomic E-state index is -5.10. The molecular formula is C72H113ClF6N12O13. The summed E-state index contributed by atoms with van der Waals surface area (Å²) in [5, 5.41) is 7.00. The Kier molecular flexibility index (Phi) is 30.4. The summed E-state index contributed by atoms with van der Waals surface area (Å²) in [4.78, 5) is 189. The SMILES string of the molecule is CCO[C@@H]1C[C@H]2C(=O)NC3(CCCC3)C(=O)N(C)[C@@H](C3CCCCC3)C(=O)N(C)[C@H](C(=O)N3CCCC3)CC(=O)N(C)[C@@H](CC(F)(F)F)C(=O)N[C@@H]([C@@H](C)CC)C(=O)N(C)CC(=O)N(C)CC(=O)N(C)[C@@H](CC3CCCCC3)C(=O)N(C)CC(=O)N[C@@H](CCC3CCC(C(F)(F)F)C(Cl)C3)C(=O)N2C1. The Morgan fingerprint density at radius 1 is 0.606 bits per heavy atom. The Morgan fingerprint density at radius 2 is 1.20 bits per heavy atom. The van der Waals surface area contributed by atoms with Crippen LogP contribution in [0.25, 0.3) is 0 Å². The number of likely N-dealkylation sites (tertiary alicyclic amines) is 1. The van der Waals surface area contributed by atoms with E-state index in [0.717, 1.165) is 65.2 Å². The van der Waals surface area contributed by atoms with E-state index in [9.17, 15) is 64.7 Å². The van der Waals surface area contributed by atoms with Crippen LogP contribution >= 0.6 is 11.6 Å². The van der Waals surface area contributed by atoms with Crippen molar-refractivity contribution in [3.63, 3.8) is 0 Å². The fraction of sp³-hybridized carbons (Fsp3) is 0.833. The van der Waals surface area contributed by atoms with E-state index in [-0.39, 0.29) is 96.4 Å². The summed E-state index contributed by atoms with van der Waals surface area (Å²) < 4.78 is 92.7. The third-order valence-electron chi connectivity index (χ3n) is 23.3. The summed E-state index contributed by atoms with van der Waals surface area (Å²) in [6.45, 7) is 3.35. The zero-order valence-corrected chi connectivity index (χ0v) is 63.2. The van der Waals surface area contributed by atoms with Crippen molar-refractivity contribution >= 4 is 82.5 Å². The largest absolute Gasteiger partial charge is 0.393 e. The van der Waals surface area contributed by atoms with Crippen LogP contribution in [0.3, 0.4) is 0 Å². The molecule has 3 heterocycles. The van der Waals surface area contributed by atoms with Crippen molar-refractivity contribution in [2.45, 2.75) is 259 Å². The monoisotopic (exact) mass is 1500 g/mol. The smallest absolute Gasteiger partial charge is 0.377 e. The fourth-order valence-corrected chi connectivity index (χ4v) is 17.2. The number of carbonyl (C=O) groups excluding carboxylic acids is 12. The second-order valence-electron chi connectivity index (χ2n) is 30.7. The highest BCUT2D eigenvalue weighted by atomic mass is 35.5. The molecule has 12 amide bonds. The molecule has 588 valence electrons. The molecule has 4 aliphatic carbocycles. The van der Waals surface area contributed by atoms with Crippen LogP contribution < -0.4 is 16.0 Å². The number of hydrogen-bond acceptors (Lipinski definition) is 13. The van der Waals surface area contributed by atoms with E-state index >= 15 is 19.2 Å². The van der Waals surface area contributed by atoms with Crippen LogP contribution in [0, 0.1) is 29.6 Å². The Morgan fingerprint density at radius 3 is 1.79 bits per heavy atom. The highest BCUT2D eigenvalue weighted by molar-refractivity contribution is 6.21. The Hall–Kier alpha value is -6.53. The molecule has 3 N–H and O–H groups in total. The Bertz CT molecular complexity index is 3040. The molecule has 0 radical (unpaired) electrons. The summed E-state index contributed by atoms with van der Waals surface area (Å²) in [6.07, 6.45) is -3.97.